The van der Waals surface area contributed by atoms with Crippen molar-refractivity contribution in [3.63, 3.8) is 0 Å². The van der Waals surface area contributed by atoms with E-state index in [0.717, 1.165) is 29.5 Å². The third kappa shape index (κ3) is 6.76. The van der Waals surface area contributed by atoms with E-state index in [0.29, 0.717) is 28.8 Å². The zero-order chi connectivity index (χ0) is 30.0. The van der Waals surface area contributed by atoms with Gasteiger partial charge in [0.1, 0.15) is 5.82 Å². The standard InChI is InChI=1S/C31H29Cl2FN4O3S/c1-20(29-5-3-4-14-35-29)36-31(39)23-15-26(34)17-27(16-23)38(42(2,40)41)28-18-37(19-28)30(21-6-10-24(32)11-7-21)22-8-12-25(33)13-9-22/h3-17,20,28,30H,18-19H2,1-2H3,(H,36,39). The molecule has 1 N–H and O–H groups in total. The van der Waals surface area contributed by atoms with Crippen molar-refractivity contribution >= 4 is 44.8 Å². The number of nitrogens with one attached hydrogen (secondary N) is 1. The van der Waals surface area contributed by atoms with Gasteiger partial charge in [-0.05, 0) is 72.6 Å². The monoisotopic (exact) mass is 626 g/mol. The minimum atomic E-state index is -3.83. The van der Waals surface area contributed by atoms with Gasteiger partial charge in [-0.15, -0.1) is 0 Å². The number of rotatable bonds is 9. The molecule has 1 atom stereocenters. The van der Waals surface area contributed by atoms with E-state index >= 15 is 0 Å². The van der Waals surface area contributed by atoms with Crippen molar-refractivity contribution in [2.75, 3.05) is 23.7 Å². The van der Waals surface area contributed by atoms with Crippen LogP contribution in [0.15, 0.2) is 91.1 Å². The molecule has 1 amide bonds. The first-order chi connectivity index (χ1) is 20.0. The molecule has 4 aromatic rings. The first-order valence-corrected chi connectivity index (χ1v) is 15.9. The van der Waals surface area contributed by atoms with E-state index in [2.05, 4.69) is 15.2 Å². The summed E-state index contributed by atoms with van der Waals surface area (Å²) in [5.74, 6) is -1.25. The highest BCUT2D eigenvalue weighted by atomic mass is 35.5. The molecule has 1 aliphatic heterocycles. The molecule has 7 nitrogen and oxygen atoms in total. The molecule has 42 heavy (non-hydrogen) atoms. The molecule has 0 radical (unpaired) electrons. The van der Waals surface area contributed by atoms with Crippen LogP contribution in [-0.2, 0) is 10.0 Å². The van der Waals surface area contributed by atoms with Gasteiger partial charge in [0.15, 0.2) is 0 Å². The van der Waals surface area contributed by atoms with Crippen molar-refractivity contribution in [2.24, 2.45) is 0 Å². The van der Waals surface area contributed by atoms with Gasteiger partial charge in [0.25, 0.3) is 5.91 Å². The number of likely N-dealkylation sites (tertiary alicyclic amines) is 1. The maximum atomic E-state index is 14.8. The predicted molar refractivity (Wildman–Crippen MR) is 164 cm³/mol. The number of halogens is 3. The van der Waals surface area contributed by atoms with E-state index in [-0.39, 0.29) is 17.3 Å². The molecule has 1 fully saturated rings. The third-order valence-corrected chi connectivity index (χ3v) is 8.92. The van der Waals surface area contributed by atoms with Crippen LogP contribution in [0.25, 0.3) is 0 Å². The summed E-state index contributed by atoms with van der Waals surface area (Å²) in [6, 6.07) is 22.9. The Labute approximate surface area is 254 Å². The van der Waals surface area contributed by atoms with Gasteiger partial charge in [-0.2, -0.15) is 0 Å². The van der Waals surface area contributed by atoms with E-state index in [1.165, 1.54) is 10.4 Å². The Morgan fingerprint density at radius 3 is 2.10 bits per heavy atom. The molecule has 1 aromatic heterocycles. The molecule has 0 aliphatic carbocycles. The van der Waals surface area contributed by atoms with Crippen LogP contribution < -0.4 is 9.62 Å². The van der Waals surface area contributed by atoms with Crippen molar-refractivity contribution in [3.8, 4) is 0 Å². The van der Waals surface area contributed by atoms with Crippen molar-refractivity contribution in [3.05, 3.63) is 129 Å². The average molecular weight is 628 g/mol. The highest BCUT2D eigenvalue weighted by Crippen LogP contribution is 2.37. The van der Waals surface area contributed by atoms with Crippen molar-refractivity contribution in [1.82, 2.24) is 15.2 Å². The second-order valence-electron chi connectivity index (χ2n) is 10.3. The summed E-state index contributed by atoms with van der Waals surface area (Å²) < 4.78 is 42.2. The van der Waals surface area contributed by atoms with Crippen LogP contribution in [0.1, 0.15) is 46.2 Å². The maximum Gasteiger partial charge on any atom is 0.251 e. The second kappa shape index (κ2) is 12.4. The van der Waals surface area contributed by atoms with E-state index in [1.807, 2.05) is 54.6 Å². The zero-order valence-electron chi connectivity index (χ0n) is 22.9. The summed E-state index contributed by atoms with van der Waals surface area (Å²) in [6.07, 6.45) is 2.70. The molecule has 1 unspecified atom stereocenters. The van der Waals surface area contributed by atoms with Crippen LogP contribution in [0.3, 0.4) is 0 Å². The molecular formula is C31H29Cl2FN4O3S. The van der Waals surface area contributed by atoms with E-state index in [9.17, 15) is 17.6 Å². The van der Waals surface area contributed by atoms with Gasteiger partial charge in [-0.3, -0.25) is 19.0 Å². The lowest BCUT2D eigenvalue weighted by Gasteiger charge is -2.48. The van der Waals surface area contributed by atoms with E-state index in [1.54, 1.807) is 25.3 Å². The zero-order valence-corrected chi connectivity index (χ0v) is 25.2. The molecular weight excluding hydrogens is 598 g/mol. The second-order valence-corrected chi connectivity index (χ2v) is 13.1. The highest BCUT2D eigenvalue weighted by molar-refractivity contribution is 7.92. The van der Waals surface area contributed by atoms with Crippen molar-refractivity contribution in [1.29, 1.82) is 0 Å². The lowest BCUT2D eigenvalue weighted by Crippen LogP contribution is -2.61. The van der Waals surface area contributed by atoms with Gasteiger partial charge in [0, 0.05) is 34.9 Å². The van der Waals surface area contributed by atoms with Gasteiger partial charge in [-0.25, -0.2) is 12.8 Å². The molecule has 0 saturated carbocycles. The summed E-state index contributed by atoms with van der Waals surface area (Å²) >= 11 is 12.3. The maximum absolute atomic E-state index is 14.8. The molecule has 3 aromatic carbocycles. The Kier molecular flexibility index (Phi) is 8.84. The Hall–Kier alpha value is -3.50. The fourth-order valence-electron chi connectivity index (χ4n) is 5.24. The first kappa shape index (κ1) is 30.0. The molecule has 0 bridgehead atoms. The van der Waals surface area contributed by atoms with Gasteiger partial charge < -0.3 is 5.32 Å². The number of hydrogen-bond donors (Lipinski definition) is 1. The quantitative estimate of drug-likeness (QED) is 0.237. The number of amides is 1. The van der Waals surface area contributed by atoms with Gasteiger partial charge >= 0.3 is 0 Å². The Morgan fingerprint density at radius 2 is 1.57 bits per heavy atom. The lowest BCUT2D eigenvalue weighted by atomic mass is 9.93. The van der Waals surface area contributed by atoms with Crippen LogP contribution in [0, 0.1) is 5.82 Å². The first-order valence-electron chi connectivity index (χ1n) is 13.3. The topological polar surface area (TPSA) is 82.6 Å². The number of nitrogens with zero attached hydrogens (tertiary/aromatic N) is 3. The summed E-state index contributed by atoms with van der Waals surface area (Å²) in [5.41, 5.74) is 2.71. The van der Waals surface area contributed by atoms with Gasteiger partial charge in [-0.1, -0.05) is 53.5 Å². The summed E-state index contributed by atoms with van der Waals surface area (Å²) in [4.78, 5) is 19.4. The minimum Gasteiger partial charge on any atom is -0.344 e. The SMILES string of the molecule is CC(NC(=O)c1cc(F)cc(N(C2CN(C(c3ccc(Cl)cc3)c3ccc(Cl)cc3)C2)S(C)(=O)=O)c1)c1ccccn1. The number of carbonyl (C=O) groups is 1. The molecule has 11 heteroatoms. The molecule has 2 heterocycles. The number of hydrogen-bond acceptors (Lipinski definition) is 5. The van der Waals surface area contributed by atoms with Crippen LogP contribution in [0.5, 0.6) is 0 Å². The van der Waals surface area contributed by atoms with E-state index < -0.39 is 33.8 Å². The normalized spacial score (nSPS) is 14.8. The van der Waals surface area contributed by atoms with Crippen molar-refractivity contribution in [2.45, 2.75) is 25.0 Å². The summed E-state index contributed by atoms with van der Waals surface area (Å²) in [5, 5.41) is 4.02. The number of pyridine rings is 1. The predicted octanol–water partition coefficient (Wildman–Crippen LogP) is 6.26. The number of benzene rings is 3. The highest BCUT2D eigenvalue weighted by Gasteiger charge is 2.41. The molecule has 5 rings (SSSR count). The van der Waals surface area contributed by atoms with Crippen LogP contribution in [0.4, 0.5) is 10.1 Å². The van der Waals surface area contributed by atoms with Crippen LogP contribution >= 0.6 is 23.2 Å². The van der Waals surface area contributed by atoms with E-state index in [4.69, 9.17) is 23.2 Å². The van der Waals surface area contributed by atoms with Crippen molar-refractivity contribution < 1.29 is 17.6 Å². The number of aromatic nitrogens is 1. The number of carbonyl (C=O) groups excluding carboxylic acids is 1. The molecule has 218 valence electrons. The third-order valence-electron chi connectivity index (χ3n) is 7.19. The Bertz CT molecular complexity index is 1620. The summed E-state index contributed by atoms with van der Waals surface area (Å²) in [6.45, 7) is 2.51. The number of sulfonamides is 1. The lowest BCUT2D eigenvalue weighted by molar-refractivity contribution is 0.0938. The van der Waals surface area contributed by atoms with Crippen LogP contribution in [-0.4, -0.2) is 49.6 Å². The average Bonchev–Trinajstić information content (AvgIpc) is 2.93. The minimum absolute atomic E-state index is 0.0119. The molecule has 1 saturated heterocycles. The fraction of sp³-hybridized carbons (Fsp3) is 0.226. The fourth-order valence-corrected chi connectivity index (χ4v) is 6.66. The molecule has 1 aliphatic rings. The Balaban J connectivity index is 1.40. The Morgan fingerprint density at radius 1 is 0.976 bits per heavy atom. The number of anilines is 1. The molecule has 0 spiro atoms. The largest absolute Gasteiger partial charge is 0.344 e. The summed E-state index contributed by atoms with van der Waals surface area (Å²) in [7, 11) is -3.83. The van der Waals surface area contributed by atoms with Gasteiger partial charge in [0.2, 0.25) is 10.0 Å². The van der Waals surface area contributed by atoms with Crippen LogP contribution in [0.2, 0.25) is 10.0 Å². The van der Waals surface area contributed by atoms with Gasteiger partial charge in [0.05, 0.1) is 35.8 Å². The smallest absolute Gasteiger partial charge is 0.251 e.